The van der Waals surface area contributed by atoms with Gasteiger partial charge >= 0.3 is 11.9 Å². The average molecular weight is 198 g/mol. The Balaban J connectivity index is 4.40. The molecule has 0 aliphatic heterocycles. The Kier molecular flexibility index (Phi) is 2.81. The van der Waals surface area contributed by atoms with Crippen molar-refractivity contribution < 1.29 is 30.4 Å². The highest BCUT2D eigenvalue weighted by atomic mass is 32.2. The fourth-order valence-corrected chi connectivity index (χ4v) is 0.873. The second-order valence-corrected chi connectivity index (χ2v) is 3.65. The van der Waals surface area contributed by atoms with Gasteiger partial charge in [0.25, 0.3) is 0 Å². The van der Waals surface area contributed by atoms with Gasteiger partial charge in [0, 0.05) is 0 Å². The summed E-state index contributed by atoms with van der Waals surface area (Å²) in [5.74, 6) is -6.44. The van der Waals surface area contributed by atoms with Gasteiger partial charge < -0.3 is 0 Å². The lowest BCUT2D eigenvalue weighted by molar-refractivity contribution is -0.107. The number of hydrogen-bond donors (Lipinski definition) is 0. The van der Waals surface area contributed by atoms with Crippen LogP contribution < -0.4 is 0 Å². The standard InChI is InChI=1S/C3H3F5O2S/c4-2(5)11(9,10)1-3(6,7)8/h2H,1H2. The molecule has 0 amide bonds. The molecule has 68 valence electrons. The van der Waals surface area contributed by atoms with Crippen LogP contribution in [-0.2, 0) is 9.84 Å². The molecule has 0 heterocycles. The molecule has 0 bridgehead atoms. The fraction of sp³-hybridized carbons (Fsp3) is 1.00. The summed E-state index contributed by atoms with van der Waals surface area (Å²) >= 11 is 0. The van der Waals surface area contributed by atoms with E-state index in [1.165, 1.54) is 0 Å². The van der Waals surface area contributed by atoms with Crippen molar-refractivity contribution in [3.63, 3.8) is 0 Å². The van der Waals surface area contributed by atoms with Gasteiger partial charge in [-0.1, -0.05) is 0 Å². The van der Waals surface area contributed by atoms with Crippen molar-refractivity contribution in [3.8, 4) is 0 Å². The van der Waals surface area contributed by atoms with E-state index in [0.717, 1.165) is 0 Å². The number of sulfone groups is 1. The highest BCUT2D eigenvalue weighted by molar-refractivity contribution is 7.91. The first kappa shape index (κ1) is 10.6. The Labute approximate surface area is 58.9 Å². The van der Waals surface area contributed by atoms with Crippen LogP contribution in [0.15, 0.2) is 0 Å². The van der Waals surface area contributed by atoms with E-state index < -0.39 is 27.5 Å². The molecule has 2 nitrogen and oxygen atoms in total. The van der Waals surface area contributed by atoms with Crippen LogP contribution in [0.25, 0.3) is 0 Å². The van der Waals surface area contributed by atoms with Gasteiger partial charge in [-0.05, 0) is 0 Å². The van der Waals surface area contributed by atoms with Crippen LogP contribution in [-0.4, -0.2) is 26.1 Å². The summed E-state index contributed by atoms with van der Waals surface area (Å²) in [6.45, 7) is 0. The Bertz CT molecular complexity index is 214. The quantitative estimate of drug-likeness (QED) is 0.624. The monoisotopic (exact) mass is 198 g/mol. The molecule has 0 saturated heterocycles. The smallest absolute Gasteiger partial charge is 0.223 e. The molecule has 0 spiro atoms. The second-order valence-electron chi connectivity index (χ2n) is 1.68. The van der Waals surface area contributed by atoms with E-state index in [-0.39, 0.29) is 0 Å². The number of rotatable bonds is 2. The van der Waals surface area contributed by atoms with Gasteiger partial charge in [-0.25, -0.2) is 8.42 Å². The van der Waals surface area contributed by atoms with Crippen LogP contribution in [0.1, 0.15) is 0 Å². The maximum atomic E-state index is 11.3. The van der Waals surface area contributed by atoms with Gasteiger partial charge in [0.2, 0.25) is 9.84 Å². The van der Waals surface area contributed by atoms with Crippen LogP contribution in [0.5, 0.6) is 0 Å². The molecule has 0 rings (SSSR count). The van der Waals surface area contributed by atoms with Crippen LogP contribution in [0.2, 0.25) is 0 Å². The molecule has 8 heteroatoms. The molecule has 0 atom stereocenters. The summed E-state index contributed by atoms with van der Waals surface area (Å²) in [7, 11) is -5.31. The molecule has 0 aliphatic carbocycles. The summed E-state index contributed by atoms with van der Waals surface area (Å²) in [6.07, 6.45) is -5.10. The number of hydrogen-bond acceptors (Lipinski definition) is 2. The van der Waals surface area contributed by atoms with Crippen LogP contribution in [0.4, 0.5) is 22.0 Å². The van der Waals surface area contributed by atoms with Gasteiger partial charge in [-0.15, -0.1) is 0 Å². The maximum absolute atomic E-state index is 11.3. The van der Waals surface area contributed by atoms with E-state index in [9.17, 15) is 30.4 Å². The molecule has 0 unspecified atom stereocenters. The molecule has 0 aliphatic rings. The molecule has 11 heavy (non-hydrogen) atoms. The Morgan fingerprint density at radius 1 is 1.18 bits per heavy atom. The van der Waals surface area contributed by atoms with E-state index in [2.05, 4.69) is 0 Å². The SMILES string of the molecule is O=S(=O)(CC(F)(F)F)C(F)F. The Morgan fingerprint density at radius 3 is 1.64 bits per heavy atom. The normalized spacial score (nSPS) is 14.0. The van der Waals surface area contributed by atoms with Gasteiger partial charge in [-0.3, -0.25) is 0 Å². The van der Waals surface area contributed by atoms with Gasteiger partial charge in [0.05, 0.1) is 0 Å². The highest BCUT2D eigenvalue weighted by Gasteiger charge is 2.39. The van der Waals surface area contributed by atoms with Crippen molar-refractivity contribution in [3.05, 3.63) is 0 Å². The van der Waals surface area contributed by atoms with Crippen molar-refractivity contribution >= 4 is 9.84 Å². The summed E-state index contributed by atoms with van der Waals surface area (Å²) < 4.78 is 75.9. The molecule has 0 aromatic heterocycles. The van der Waals surface area contributed by atoms with Crippen molar-refractivity contribution in [1.29, 1.82) is 0 Å². The van der Waals surface area contributed by atoms with Crippen molar-refractivity contribution in [1.82, 2.24) is 0 Å². The van der Waals surface area contributed by atoms with E-state index in [0.29, 0.717) is 0 Å². The van der Waals surface area contributed by atoms with Crippen molar-refractivity contribution in [2.75, 3.05) is 5.75 Å². The zero-order chi connectivity index (χ0) is 9.28. The number of halogens is 5. The van der Waals surface area contributed by atoms with E-state index >= 15 is 0 Å². The molecular weight excluding hydrogens is 195 g/mol. The van der Waals surface area contributed by atoms with Gasteiger partial charge in [-0.2, -0.15) is 22.0 Å². The minimum atomic E-state index is -5.31. The van der Waals surface area contributed by atoms with Crippen molar-refractivity contribution in [2.45, 2.75) is 11.9 Å². The lowest BCUT2D eigenvalue weighted by Crippen LogP contribution is -2.27. The molecule has 0 saturated carbocycles. The van der Waals surface area contributed by atoms with E-state index in [1.807, 2.05) is 0 Å². The van der Waals surface area contributed by atoms with Crippen molar-refractivity contribution in [2.24, 2.45) is 0 Å². The Morgan fingerprint density at radius 2 is 1.55 bits per heavy atom. The molecule has 0 fully saturated rings. The van der Waals surface area contributed by atoms with Crippen LogP contribution in [0, 0.1) is 0 Å². The lowest BCUT2D eigenvalue weighted by atomic mass is 10.8. The third kappa shape index (κ3) is 4.12. The highest BCUT2D eigenvalue weighted by Crippen LogP contribution is 2.20. The minimum Gasteiger partial charge on any atom is -0.223 e. The first-order chi connectivity index (χ1) is 4.65. The maximum Gasteiger partial charge on any atom is 0.403 e. The van der Waals surface area contributed by atoms with Crippen LogP contribution in [0.3, 0.4) is 0 Å². The third-order valence-corrected chi connectivity index (χ3v) is 1.91. The van der Waals surface area contributed by atoms with Gasteiger partial charge in [0.1, 0.15) is 0 Å². The number of alkyl halides is 5. The predicted octanol–water partition coefficient (Wildman–Crippen LogP) is 1.19. The average Bonchev–Trinajstić information content (AvgIpc) is 1.56. The first-order valence-corrected chi connectivity index (χ1v) is 3.93. The van der Waals surface area contributed by atoms with Crippen LogP contribution >= 0.6 is 0 Å². The van der Waals surface area contributed by atoms with E-state index in [1.54, 1.807) is 0 Å². The zero-order valence-corrected chi connectivity index (χ0v) is 5.72. The second kappa shape index (κ2) is 2.92. The third-order valence-electron chi connectivity index (χ3n) is 0.636. The first-order valence-electron chi connectivity index (χ1n) is 2.21. The predicted molar refractivity (Wildman–Crippen MR) is 25.8 cm³/mol. The fourth-order valence-electron chi connectivity index (χ4n) is 0.291. The summed E-state index contributed by atoms with van der Waals surface area (Å²) in [5.41, 5.74) is 0. The summed E-state index contributed by atoms with van der Waals surface area (Å²) in [4.78, 5) is 0. The summed E-state index contributed by atoms with van der Waals surface area (Å²) in [6, 6.07) is 0. The molecule has 0 aromatic carbocycles. The van der Waals surface area contributed by atoms with Gasteiger partial charge in [0.15, 0.2) is 5.75 Å². The molecule has 0 aromatic rings. The topological polar surface area (TPSA) is 34.1 Å². The Hall–Kier alpha value is -0.400. The molecular formula is C3H3F5O2S. The summed E-state index contributed by atoms with van der Waals surface area (Å²) in [5, 5.41) is 0. The largest absolute Gasteiger partial charge is 0.403 e. The zero-order valence-electron chi connectivity index (χ0n) is 4.90. The minimum absolute atomic E-state index is 2.47. The van der Waals surface area contributed by atoms with E-state index in [4.69, 9.17) is 0 Å². The lowest BCUT2D eigenvalue weighted by Gasteiger charge is -2.05. The molecule has 0 radical (unpaired) electrons. The molecule has 0 N–H and O–H groups in total.